The third-order valence-electron chi connectivity index (χ3n) is 4.28. The minimum absolute atomic E-state index is 0.0136. The highest BCUT2D eigenvalue weighted by Gasteiger charge is 2.33. The first kappa shape index (κ1) is 16.0. The molecule has 1 aliphatic carbocycles. The van der Waals surface area contributed by atoms with Crippen molar-refractivity contribution in [1.82, 2.24) is 10.2 Å². The number of rotatable bonds is 7. The molecule has 0 aromatic carbocycles. The Labute approximate surface area is 126 Å². The van der Waals surface area contributed by atoms with Gasteiger partial charge in [-0.15, -0.1) is 0 Å². The smallest absolute Gasteiger partial charge is 0.225 e. The van der Waals surface area contributed by atoms with E-state index in [1.807, 2.05) is 0 Å². The van der Waals surface area contributed by atoms with Crippen molar-refractivity contribution in [3.8, 4) is 0 Å². The summed E-state index contributed by atoms with van der Waals surface area (Å²) in [5, 5.41) is 2.98. The van der Waals surface area contributed by atoms with Crippen LogP contribution in [-0.4, -0.2) is 50.1 Å². The van der Waals surface area contributed by atoms with E-state index in [4.69, 9.17) is 4.74 Å². The zero-order chi connectivity index (χ0) is 15.1. The van der Waals surface area contributed by atoms with Gasteiger partial charge in [-0.3, -0.25) is 9.59 Å². The summed E-state index contributed by atoms with van der Waals surface area (Å²) >= 11 is 0. The second-order valence-electron chi connectivity index (χ2n) is 5.88. The van der Waals surface area contributed by atoms with Crippen LogP contribution in [0, 0.1) is 5.92 Å². The van der Waals surface area contributed by atoms with Crippen LogP contribution in [0.25, 0.3) is 0 Å². The standard InChI is InChI=1S/C16H26N2O3/c1-21-10-9-18-12-14(11-15(18)19)16(20)17-8-7-13-5-3-2-4-6-13/h5,14H,2-4,6-12H2,1H3,(H,17,20). The van der Waals surface area contributed by atoms with Crippen molar-refractivity contribution in [1.29, 1.82) is 0 Å². The van der Waals surface area contributed by atoms with Gasteiger partial charge in [0.25, 0.3) is 0 Å². The van der Waals surface area contributed by atoms with Crippen LogP contribution in [0.2, 0.25) is 0 Å². The fourth-order valence-corrected chi connectivity index (χ4v) is 2.99. The Morgan fingerprint density at radius 2 is 2.33 bits per heavy atom. The first-order chi connectivity index (χ1) is 10.2. The van der Waals surface area contributed by atoms with E-state index in [9.17, 15) is 9.59 Å². The van der Waals surface area contributed by atoms with Crippen molar-refractivity contribution >= 4 is 11.8 Å². The van der Waals surface area contributed by atoms with Gasteiger partial charge in [0.2, 0.25) is 11.8 Å². The number of amides is 2. The monoisotopic (exact) mass is 294 g/mol. The first-order valence-corrected chi connectivity index (χ1v) is 7.93. The second kappa shape index (κ2) is 8.17. The molecule has 1 N–H and O–H groups in total. The molecule has 1 fully saturated rings. The molecule has 2 aliphatic rings. The average Bonchev–Trinajstić information content (AvgIpc) is 2.87. The van der Waals surface area contributed by atoms with E-state index >= 15 is 0 Å². The fourth-order valence-electron chi connectivity index (χ4n) is 2.99. The molecule has 1 heterocycles. The van der Waals surface area contributed by atoms with Crippen LogP contribution in [0.5, 0.6) is 0 Å². The topological polar surface area (TPSA) is 58.6 Å². The molecule has 0 spiro atoms. The molecule has 21 heavy (non-hydrogen) atoms. The lowest BCUT2D eigenvalue weighted by Gasteiger charge is -2.16. The summed E-state index contributed by atoms with van der Waals surface area (Å²) in [5.41, 5.74) is 1.46. The van der Waals surface area contributed by atoms with Crippen LogP contribution in [0.1, 0.15) is 38.5 Å². The lowest BCUT2D eigenvalue weighted by molar-refractivity contribution is -0.129. The Morgan fingerprint density at radius 1 is 1.48 bits per heavy atom. The molecule has 5 nitrogen and oxygen atoms in total. The Morgan fingerprint density at radius 3 is 3.05 bits per heavy atom. The van der Waals surface area contributed by atoms with Crippen molar-refractivity contribution in [3.05, 3.63) is 11.6 Å². The molecule has 0 aromatic heterocycles. The molecule has 0 saturated carbocycles. The van der Waals surface area contributed by atoms with Crippen LogP contribution in [0.3, 0.4) is 0 Å². The molecule has 2 amide bonds. The summed E-state index contributed by atoms with van der Waals surface area (Å²) < 4.78 is 4.98. The largest absolute Gasteiger partial charge is 0.383 e. The van der Waals surface area contributed by atoms with Gasteiger partial charge in [-0.05, 0) is 32.1 Å². The molecule has 118 valence electrons. The molecule has 1 unspecified atom stereocenters. The van der Waals surface area contributed by atoms with Crippen LogP contribution in [0.4, 0.5) is 0 Å². The van der Waals surface area contributed by atoms with E-state index in [2.05, 4.69) is 11.4 Å². The average molecular weight is 294 g/mol. The molecule has 1 atom stereocenters. The van der Waals surface area contributed by atoms with E-state index in [-0.39, 0.29) is 17.7 Å². The van der Waals surface area contributed by atoms with Gasteiger partial charge >= 0.3 is 0 Å². The lowest BCUT2D eigenvalue weighted by Crippen LogP contribution is -2.34. The van der Waals surface area contributed by atoms with Gasteiger partial charge in [-0.1, -0.05) is 11.6 Å². The van der Waals surface area contributed by atoms with Gasteiger partial charge in [0.15, 0.2) is 0 Å². The lowest BCUT2D eigenvalue weighted by atomic mass is 9.97. The van der Waals surface area contributed by atoms with Crippen LogP contribution in [-0.2, 0) is 14.3 Å². The number of methoxy groups -OCH3 is 1. The molecule has 0 radical (unpaired) electrons. The Kier molecular flexibility index (Phi) is 6.23. The fraction of sp³-hybridized carbons (Fsp3) is 0.750. The number of allylic oxidation sites excluding steroid dienone is 1. The van der Waals surface area contributed by atoms with Gasteiger partial charge < -0.3 is 15.0 Å². The van der Waals surface area contributed by atoms with Crippen molar-refractivity contribution in [2.45, 2.75) is 38.5 Å². The van der Waals surface area contributed by atoms with Crippen molar-refractivity contribution in [3.63, 3.8) is 0 Å². The van der Waals surface area contributed by atoms with E-state index in [0.717, 1.165) is 6.42 Å². The molecular formula is C16H26N2O3. The molecule has 1 aliphatic heterocycles. The van der Waals surface area contributed by atoms with E-state index in [1.165, 1.54) is 31.3 Å². The third-order valence-corrected chi connectivity index (χ3v) is 4.28. The summed E-state index contributed by atoms with van der Waals surface area (Å²) in [6.45, 7) is 2.31. The van der Waals surface area contributed by atoms with Gasteiger partial charge in [0, 0.05) is 33.2 Å². The summed E-state index contributed by atoms with van der Waals surface area (Å²) in [6.07, 6.45) is 8.49. The highest BCUT2D eigenvalue weighted by molar-refractivity contribution is 5.89. The molecule has 5 heteroatoms. The molecular weight excluding hydrogens is 268 g/mol. The summed E-state index contributed by atoms with van der Waals surface area (Å²) in [5.74, 6) is -0.128. The maximum absolute atomic E-state index is 12.1. The first-order valence-electron chi connectivity index (χ1n) is 7.93. The zero-order valence-corrected chi connectivity index (χ0v) is 12.9. The van der Waals surface area contributed by atoms with Crippen molar-refractivity contribution in [2.24, 2.45) is 5.92 Å². The highest BCUT2D eigenvalue weighted by Crippen LogP contribution is 2.20. The highest BCUT2D eigenvalue weighted by atomic mass is 16.5. The number of hydrogen-bond donors (Lipinski definition) is 1. The Bertz CT molecular complexity index is 406. The number of ether oxygens (including phenoxy) is 1. The predicted octanol–water partition coefficient (Wildman–Crippen LogP) is 1.49. The van der Waals surface area contributed by atoms with Crippen molar-refractivity contribution < 1.29 is 14.3 Å². The molecule has 1 saturated heterocycles. The molecule has 0 aromatic rings. The van der Waals surface area contributed by atoms with Gasteiger partial charge in [-0.25, -0.2) is 0 Å². The van der Waals surface area contributed by atoms with Gasteiger partial charge in [0.1, 0.15) is 0 Å². The van der Waals surface area contributed by atoms with E-state index < -0.39 is 0 Å². The van der Waals surface area contributed by atoms with Crippen molar-refractivity contribution in [2.75, 3.05) is 33.4 Å². The SMILES string of the molecule is COCCN1CC(C(=O)NCCC2=CCCCC2)CC1=O. The zero-order valence-electron chi connectivity index (χ0n) is 12.9. The van der Waals surface area contributed by atoms with E-state index in [1.54, 1.807) is 12.0 Å². The van der Waals surface area contributed by atoms with E-state index in [0.29, 0.717) is 32.7 Å². The Balaban J connectivity index is 1.69. The third kappa shape index (κ3) is 4.84. The predicted molar refractivity (Wildman–Crippen MR) is 80.7 cm³/mol. The maximum Gasteiger partial charge on any atom is 0.225 e. The van der Waals surface area contributed by atoms with Crippen LogP contribution >= 0.6 is 0 Å². The molecule has 0 bridgehead atoms. The summed E-state index contributed by atoms with van der Waals surface area (Å²) in [6, 6.07) is 0. The number of nitrogens with zero attached hydrogens (tertiary/aromatic N) is 1. The second-order valence-corrected chi connectivity index (χ2v) is 5.88. The van der Waals surface area contributed by atoms with Gasteiger partial charge in [-0.2, -0.15) is 0 Å². The maximum atomic E-state index is 12.1. The quantitative estimate of drug-likeness (QED) is 0.724. The van der Waals surface area contributed by atoms with Gasteiger partial charge in [0.05, 0.1) is 12.5 Å². The number of hydrogen-bond acceptors (Lipinski definition) is 3. The number of nitrogens with one attached hydrogen (secondary N) is 1. The number of carbonyl (C=O) groups excluding carboxylic acids is 2. The number of carbonyl (C=O) groups is 2. The van der Waals surface area contributed by atoms with Crippen LogP contribution in [0.15, 0.2) is 11.6 Å². The van der Waals surface area contributed by atoms with Crippen LogP contribution < -0.4 is 5.32 Å². The summed E-state index contributed by atoms with van der Waals surface area (Å²) in [7, 11) is 1.62. The minimum atomic E-state index is -0.199. The minimum Gasteiger partial charge on any atom is -0.383 e. The normalized spacial score (nSPS) is 22.3. The summed E-state index contributed by atoms with van der Waals surface area (Å²) in [4.78, 5) is 25.6. The molecule has 2 rings (SSSR count). The number of likely N-dealkylation sites (tertiary alicyclic amines) is 1. The Hall–Kier alpha value is -1.36.